The Balaban J connectivity index is 1.39. The molecule has 2 heterocycles. The molecule has 0 spiro atoms. The lowest BCUT2D eigenvalue weighted by molar-refractivity contribution is 0.0753. The fourth-order valence-electron chi connectivity index (χ4n) is 5.02. The summed E-state index contributed by atoms with van der Waals surface area (Å²) in [6.07, 6.45) is 18.4. The molecule has 1 saturated carbocycles. The number of aromatic nitrogens is 4. The number of aryl methyl sites for hydroxylation is 4. The molecule has 0 aromatic carbocycles. The smallest absolute Gasteiger partial charge is 0.105 e. The topological polar surface area (TPSA) is 42.1 Å². The lowest BCUT2D eigenvalue weighted by Crippen LogP contribution is -2.51. The Kier molecular flexibility index (Phi) is 8.94. The molecule has 0 radical (unpaired) electrons. The largest absolute Gasteiger partial charge is 0.335 e. The van der Waals surface area contributed by atoms with Crippen LogP contribution >= 0.6 is 0 Å². The predicted molar refractivity (Wildman–Crippen MR) is 124 cm³/mol. The number of hydrogen-bond acceptors (Lipinski definition) is 4. The first-order chi connectivity index (χ1) is 14.6. The van der Waals surface area contributed by atoms with E-state index in [0.717, 1.165) is 24.7 Å². The van der Waals surface area contributed by atoms with Crippen molar-refractivity contribution in [2.75, 3.05) is 27.2 Å². The van der Waals surface area contributed by atoms with E-state index in [1.165, 1.54) is 64.5 Å². The number of likely N-dealkylation sites (N-methyl/N-ethyl adjacent to an activating group) is 2. The average Bonchev–Trinajstić information content (AvgIpc) is 3.36. The van der Waals surface area contributed by atoms with Gasteiger partial charge in [-0.1, -0.05) is 12.8 Å². The summed E-state index contributed by atoms with van der Waals surface area (Å²) in [6.45, 7) is 8.75. The van der Waals surface area contributed by atoms with Gasteiger partial charge in [-0.25, -0.2) is 9.97 Å². The summed E-state index contributed by atoms with van der Waals surface area (Å²) in [5, 5.41) is 0. The van der Waals surface area contributed by atoms with Gasteiger partial charge in [-0.3, -0.25) is 0 Å². The van der Waals surface area contributed by atoms with Crippen molar-refractivity contribution >= 4 is 0 Å². The van der Waals surface area contributed by atoms with Crippen molar-refractivity contribution in [2.24, 2.45) is 0 Å². The van der Waals surface area contributed by atoms with Gasteiger partial charge in [0.1, 0.15) is 11.6 Å². The Bertz CT molecular complexity index is 673. The molecule has 2 aromatic rings. The minimum absolute atomic E-state index is 0.703. The molecule has 1 fully saturated rings. The van der Waals surface area contributed by atoms with Crippen LogP contribution in [-0.4, -0.2) is 68.2 Å². The lowest BCUT2D eigenvalue weighted by atomic mass is 9.88. The molecule has 168 valence electrons. The summed E-state index contributed by atoms with van der Waals surface area (Å²) in [7, 11) is 4.70. The average molecular weight is 415 g/mol. The van der Waals surface area contributed by atoms with Crippen molar-refractivity contribution in [3.63, 3.8) is 0 Å². The summed E-state index contributed by atoms with van der Waals surface area (Å²) >= 11 is 0. The Morgan fingerprint density at radius 2 is 1.20 bits per heavy atom. The van der Waals surface area contributed by atoms with Crippen molar-refractivity contribution in [1.82, 2.24) is 28.9 Å². The second-order valence-corrected chi connectivity index (χ2v) is 9.13. The van der Waals surface area contributed by atoms with E-state index in [1.54, 1.807) is 0 Å². The molecule has 0 unspecified atom stereocenters. The molecular weight excluding hydrogens is 372 g/mol. The number of hydrogen-bond donors (Lipinski definition) is 0. The van der Waals surface area contributed by atoms with Gasteiger partial charge in [0.25, 0.3) is 0 Å². The molecule has 0 bridgehead atoms. The van der Waals surface area contributed by atoms with Crippen LogP contribution in [0.2, 0.25) is 0 Å². The second kappa shape index (κ2) is 11.7. The lowest BCUT2D eigenvalue weighted by Gasteiger charge is -2.42. The van der Waals surface area contributed by atoms with Gasteiger partial charge in [-0.2, -0.15) is 0 Å². The third-order valence-electron chi connectivity index (χ3n) is 6.99. The normalized spacial score (nSPS) is 19.8. The molecule has 2 aromatic heterocycles. The van der Waals surface area contributed by atoms with Gasteiger partial charge in [-0.15, -0.1) is 0 Å². The van der Waals surface area contributed by atoms with Gasteiger partial charge in [-0.05, 0) is 79.6 Å². The van der Waals surface area contributed by atoms with Crippen LogP contribution in [0.15, 0.2) is 24.8 Å². The van der Waals surface area contributed by atoms with Crippen molar-refractivity contribution in [1.29, 1.82) is 0 Å². The Labute approximate surface area is 183 Å². The van der Waals surface area contributed by atoms with E-state index in [1.807, 2.05) is 12.4 Å². The molecule has 6 heteroatoms. The second-order valence-electron chi connectivity index (χ2n) is 9.13. The van der Waals surface area contributed by atoms with Gasteiger partial charge < -0.3 is 18.9 Å². The van der Waals surface area contributed by atoms with Crippen LogP contribution in [0, 0.1) is 13.8 Å². The van der Waals surface area contributed by atoms with Gasteiger partial charge in [0.2, 0.25) is 0 Å². The molecule has 1 aliphatic carbocycles. The molecule has 0 saturated heterocycles. The van der Waals surface area contributed by atoms with Crippen LogP contribution in [0.3, 0.4) is 0 Å². The van der Waals surface area contributed by atoms with Crippen LogP contribution in [0.25, 0.3) is 0 Å². The minimum Gasteiger partial charge on any atom is -0.335 e. The number of nitrogens with zero attached hydrogens (tertiary/aromatic N) is 6. The highest BCUT2D eigenvalue weighted by Gasteiger charge is 2.30. The maximum Gasteiger partial charge on any atom is 0.105 e. The number of rotatable bonds is 12. The van der Waals surface area contributed by atoms with Crippen molar-refractivity contribution < 1.29 is 0 Å². The Morgan fingerprint density at radius 1 is 0.767 bits per heavy atom. The molecule has 1 aliphatic rings. The van der Waals surface area contributed by atoms with E-state index in [0.29, 0.717) is 12.1 Å². The molecule has 2 atom stereocenters. The molecule has 0 amide bonds. The molecular formula is C24H42N6. The fourth-order valence-corrected chi connectivity index (χ4v) is 5.02. The summed E-state index contributed by atoms with van der Waals surface area (Å²) in [5.41, 5.74) is 0. The highest BCUT2D eigenvalue weighted by Crippen LogP contribution is 2.26. The van der Waals surface area contributed by atoms with Crippen LogP contribution in [0.5, 0.6) is 0 Å². The molecule has 0 aliphatic heterocycles. The fraction of sp³-hybridized carbons (Fsp3) is 0.750. The van der Waals surface area contributed by atoms with Gasteiger partial charge in [0.15, 0.2) is 0 Å². The van der Waals surface area contributed by atoms with Crippen molar-refractivity contribution in [3.8, 4) is 0 Å². The quantitative estimate of drug-likeness (QED) is 0.490. The third kappa shape index (κ3) is 6.42. The maximum absolute atomic E-state index is 4.33. The zero-order valence-corrected chi connectivity index (χ0v) is 19.6. The van der Waals surface area contributed by atoms with Crippen molar-refractivity contribution in [3.05, 3.63) is 36.4 Å². The molecule has 3 rings (SSSR count). The predicted octanol–water partition coefficient (Wildman–Crippen LogP) is 4.13. The van der Waals surface area contributed by atoms with Crippen LogP contribution < -0.4 is 0 Å². The first-order valence-electron chi connectivity index (χ1n) is 11.9. The van der Waals surface area contributed by atoms with Crippen molar-refractivity contribution in [2.45, 2.75) is 90.4 Å². The van der Waals surface area contributed by atoms with Gasteiger partial charge >= 0.3 is 0 Å². The zero-order valence-electron chi connectivity index (χ0n) is 19.6. The molecule has 0 N–H and O–H groups in total. The van der Waals surface area contributed by atoms with Crippen LogP contribution in [-0.2, 0) is 13.1 Å². The standard InChI is InChI=1S/C24H42N6/c1-21-25-13-19-29(21)17-9-7-15-27(3)23-11-5-6-12-24(23)28(4)16-8-10-18-30-20-14-26-22(30)2/h13-14,19-20,23-24H,5-12,15-18H2,1-4H3/t23-,24-/m0/s1. The number of unbranched alkanes of at least 4 members (excludes halogenated alkanes) is 2. The maximum atomic E-state index is 4.33. The summed E-state index contributed by atoms with van der Waals surface area (Å²) in [4.78, 5) is 13.9. The van der Waals surface area contributed by atoms with Gasteiger partial charge in [0.05, 0.1) is 0 Å². The van der Waals surface area contributed by atoms with E-state index >= 15 is 0 Å². The molecule has 6 nitrogen and oxygen atoms in total. The number of imidazole rings is 2. The molecule has 30 heavy (non-hydrogen) atoms. The minimum atomic E-state index is 0.703. The first-order valence-corrected chi connectivity index (χ1v) is 11.9. The first kappa shape index (κ1) is 23.0. The Hall–Kier alpha value is -1.66. The van der Waals surface area contributed by atoms with Gasteiger partial charge in [0, 0.05) is 50.0 Å². The third-order valence-corrected chi connectivity index (χ3v) is 6.99. The summed E-state index contributed by atoms with van der Waals surface area (Å²) < 4.78 is 4.53. The highest BCUT2D eigenvalue weighted by atomic mass is 15.2. The van der Waals surface area contributed by atoms with Crippen LogP contribution in [0.1, 0.15) is 63.0 Å². The summed E-state index contributed by atoms with van der Waals surface area (Å²) in [5.74, 6) is 2.25. The van der Waals surface area contributed by atoms with E-state index in [2.05, 4.69) is 69.2 Å². The highest BCUT2D eigenvalue weighted by molar-refractivity contribution is 4.90. The SMILES string of the molecule is Cc1nccn1CCCCN(C)[C@H]1CCCC[C@@H]1N(C)CCCCn1ccnc1C. The monoisotopic (exact) mass is 414 g/mol. The van der Waals surface area contributed by atoms with E-state index in [-0.39, 0.29) is 0 Å². The zero-order chi connectivity index (χ0) is 21.3. The Morgan fingerprint density at radius 3 is 1.57 bits per heavy atom. The van der Waals surface area contributed by atoms with E-state index in [9.17, 15) is 0 Å². The van der Waals surface area contributed by atoms with E-state index in [4.69, 9.17) is 0 Å². The summed E-state index contributed by atoms with van der Waals surface area (Å²) in [6, 6.07) is 1.41. The van der Waals surface area contributed by atoms with E-state index < -0.39 is 0 Å². The van der Waals surface area contributed by atoms with Crippen LogP contribution in [0.4, 0.5) is 0 Å².